The highest BCUT2D eigenvalue weighted by Crippen LogP contribution is 2.52. The van der Waals surface area contributed by atoms with Gasteiger partial charge in [0.05, 0.1) is 0 Å². The largest absolute Gasteiger partial charge is 0.291 e. The quantitative estimate of drug-likeness (QED) is 0.412. The third-order valence-electron chi connectivity index (χ3n) is 5.19. The fourth-order valence-corrected chi connectivity index (χ4v) is 4.41. The van der Waals surface area contributed by atoms with Gasteiger partial charge in [0.1, 0.15) is 0 Å². The summed E-state index contributed by atoms with van der Waals surface area (Å²) in [5, 5.41) is 22.0. The minimum absolute atomic E-state index is 0.109. The Morgan fingerprint density at radius 3 is 1.55 bits per heavy atom. The Morgan fingerprint density at radius 2 is 1.20 bits per heavy atom. The van der Waals surface area contributed by atoms with Crippen LogP contribution in [0.2, 0.25) is 0 Å². The Hall–Kier alpha value is -1.86. The predicted molar refractivity (Wildman–Crippen MR) is 64.0 cm³/mol. The van der Waals surface area contributed by atoms with Crippen LogP contribution in [0, 0.1) is 43.9 Å². The molecule has 0 bridgehead atoms. The topological polar surface area (TPSA) is 120 Å². The van der Waals surface area contributed by atoms with Gasteiger partial charge in [-0.3, -0.25) is 29.8 Å². The van der Waals surface area contributed by atoms with Crippen molar-refractivity contribution in [2.24, 2.45) is 23.7 Å². The zero-order valence-corrected chi connectivity index (χ0v) is 10.6. The molecule has 3 fully saturated rings. The summed E-state index contributed by atoms with van der Waals surface area (Å²) in [6.45, 7) is 0. The minimum atomic E-state index is -0.859. The van der Waals surface area contributed by atoms with E-state index in [2.05, 4.69) is 0 Å². The van der Waals surface area contributed by atoms with Crippen LogP contribution in [0.5, 0.6) is 0 Å². The summed E-state index contributed by atoms with van der Waals surface area (Å²) in [6, 6.07) is -1.72. The fourth-order valence-electron chi connectivity index (χ4n) is 4.41. The maximum absolute atomic E-state index is 12.0. The maximum atomic E-state index is 12.0. The van der Waals surface area contributed by atoms with Gasteiger partial charge in [0, 0.05) is 47.4 Å². The first-order chi connectivity index (χ1) is 9.40. The first kappa shape index (κ1) is 13.1. The summed E-state index contributed by atoms with van der Waals surface area (Å²) in [4.78, 5) is 45.1. The number of ketones is 2. The first-order valence-electron chi connectivity index (χ1n) is 6.75. The number of carbonyl (C=O) groups is 2. The van der Waals surface area contributed by atoms with Crippen LogP contribution in [-0.4, -0.2) is 33.5 Å². The molecule has 0 N–H and O–H groups in total. The van der Waals surface area contributed by atoms with Crippen LogP contribution in [0.4, 0.5) is 0 Å². The third-order valence-corrected chi connectivity index (χ3v) is 5.19. The van der Waals surface area contributed by atoms with Gasteiger partial charge in [0.15, 0.2) is 0 Å². The molecule has 3 aliphatic carbocycles. The molecule has 4 atom stereocenters. The van der Waals surface area contributed by atoms with Crippen molar-refractivity contribution in [3.8, 4) is 0 Å². The van der Waals surface area contributed by atoms with E-state index in [1.807, 2.05) is 0 Å². The summed E-state index contributed by atoms with van der Waals surface area (Å²) >= 11 is 0. The lowest BCUT2D eigenvalue weighted by molar-refractivity contribution is -0.541. The zero-order valence-electron chi connectivity index (χ0n) is 10.6. The molecular weight excluding hydrogens is 268 g/mol. The van der Waals surface area contributed by atoms with Crippen LogP contribution in [0.3, 0.4) is 0 Å². The van der Waals surface area contributed by atoms with Gasteiger partial charge >= 0.3 is 0 Å². The van der Waals surface area contributed by atoms with E-state index in [0.717, 1.165) is 0 Å². The van der Waals surface area contributed by atoms with E-state index < -0.39 is 45.3 Å². The molecule has 0 aromatic heterocycles. The molecule has 0 radical (unpaired) electrons. The van der Waals surface area contributed by atoms with Gasteiger partial charge < -0.3 is 0 Å². The molecule has 8 nitrogen and oxygen atoms in total. The lowest BCUT2D eigenvalue weighted by atomic mass is 9.62. The van der Waals surface area contributed by atoms with Crippen LogP contribution in [0.25, 0.3) is 0 Å². The van der Waals surface area contributed by atoms with Crippen LogP contribution in [0.1, 0.15) is 25.7 Å². The highest BCUT2D eigenvalue weighted by molar-refractivity contribution is 6.41. The van der Waals surface area contributed by atoms with Crippen molar-refractivity contribution in [2.45, 2.75) is 37.8 Å². The number of Topliss-reactive ketones (excluding diaryl/α,β-unsaturated/α-hetero) is 2. The van der Waals surface area contributed by atoms with Crippen molar-refractivity contribution in [3.05, 3.63) is 20.2 Å². The van der Waals surface area contributed by atoms with Crippen LogP contribution in [-0.2, 0) is 9.59 Å². The van der Waals surface area contributed by atoms with Gasteiger partial charge in [0.2, 0.25) is 23.7 Å². The third kappa shape index (κ3) is 1.74. The lowest BCUT2D eigenvalue weighted by Crippen LogP contribution is -2.46. The van der Waals surface area contributed by atoms with Crippen LogP contribution < -0.4 is 0 Å². The lowest BCUT2D eigenvalue weighted by Gasteiger charge is -2.40. The van der Waals surface area contributed by atoms with E-state index in [9.17, 15) is 29.8 Å². The van der Waals surface area contributed by atoms with Gasteiger partial charge in [-0.25, -0.2) is 0 Å². The smallest absolute Gasteiger partial charge is 0.214 e. The number of carbonyl (C=O) groups excluding carboxylic acids is 2. The Kier molecular flexibility index (Phi) is 2.84. The summed E-state index contributed by atoms with van der Waals surface area (Å²) in [5.41, 5.74) is 0. The summed E-state index contributed by atoms with van der Waals surface area (Å²) in [5.74, 6) is -2.72. The van der Waals surface area contributed by atoms with E-state index in [1.54, 1.807) is 0 Å². The van der Waals surface area contributed by atoms with Gasteiger partial charge in [-0.1, -0.05) is 0 Å². The number of hydrogen-bond donors (Lipinski definition) is 0. The molecule has 0 heterocycles. The first-order valence-corrected chi connectivity index (χ1v) is 6.75. The van der Waals surface area contributed by atoms with E-state index in [0.29, 0.717) is 0 Å². The minimum Gasteiger partial charge on any atom is -0.291 e. The van der Waals surface area contributed by atoms with Crippen molar-refractivity contribution in [1.29, 1.82) is 0 Å². The van der Waals surface area contributed by atoms with E-state index >= 15 is 0 Å². The molecule has 20 heavy (non-hydrogen) atoms. The fraction of sp³-hybridized carbons (Fsp3) is 0.833. The van der Waals surface area contributed by atoms with Gasteiger partial charge in [-0.2, -0.15) is 0 Å². The molecule has 4 unspecified atom stereocenters. The molecular formula is C12H14N2O6. The summed E-state index contributed by atoms with van der Waals surface area (Å²) in [7, 11) is 0. The van der Waals surface area contributed by atoms with E-state index in [1.165, 1.54) is 0 Å². The molecule has 0 amide bonds. The molecule has 0 aliphatic heterocycles. The summed E-state index contributed by atoms with van der Waals surface area (Å²) in [6.07, 6.45) is 0.710. The monoisotopic (exact) mass is 282 g/mol. The number of hydrogen-bond acceptors (Lipinski definition) is 6. The molecule has 8 heteroatoms. The van der Waals surface area contributed by atoms with Gasteiger partial charge in [-0.15, -0.1) is 0 Å². The molecule has 108 valence electrons. The Balaban J connectivity index is 1.94. The summed E-state index contributed by atoms with van der Waals surface area (Å²) < 4.78 is 0. The average Bonchev–Trinajstić information content (AvgIpc) is 2.65. The maximum Gasteiger partial charge on any atom is 0.214 e. The highest BCUT2D eigenvalue weighted by Gasteiger charge is 2.61. The van der Waals surface area contributed by atoms with Gasteiger partial charge in [0.25, 0.3) is 0 Å². The second-order valence-corrected chi connectivity index (χ2v) is 6.10. The number of nitro groups is 2. The average molecular weight is 282 g/mol. The molecule has 3 saturated carbocycles. The second-order valence-electron chi connectivity index (χ2n) is 6.10. The number of rotatable bonds is 2. The van der Waals surface area contributed by atoms with Gasteiger partial charge in [-0.05, 0) is 11.8 Å². The normalized spacial score (nSPS) is 43.2. The van der Waals surface area contributed by atoms with E-state index in [-0.39, 0.29) is 37.5 Å². The van der Waals surface area contributed by atoms with Crippen molar-refractivity contribution < 1.29 is 19.4 Å². The predicted octanol–water partition coefficient (Wildman–Crippen LogP) is 0.481. The van der Waals surface area contributed by atoms with Crippen LogP contribution >= 0.6 is 0 Å². The van der Waals surface area contributed by atoms with Crippen molar-refractivity contribution in [2.75, 3.05) is 0 Å². The molecule has 3 aliphatic rings. The zero-order chi connectivity index (χ0) is 14.6. The molecule has 0 saturated heterocycles. The molecule has 0 aromatic carbocycles. The Bertz CT molecular complexity index is 474. The molecule has 0 aromatic rings. The van der Waals surface area contributed by atoms with Crippen molar-refractivity contribution >= 4 is 11.6 Å². The highest BCUT2D eigenvalue weighted by atomic mass is 16.6. The van der Waals surface area contributed by atoms with E-state index in [4.69, 9.17) is 0 Å². The molecule has 0 spiro atoms. The van der Waals surface area contributed by atoms with Crippen LogP contribution in [0.15, 0.2) is 0 Å². The Labute approximate surface area is 113 Å². The Morgan fingerprint density at radius 1 is 0.800 bits per heavy atom. The van der Waals surface area contributed by atoms with Crippen molar-refractivity contribution in [3.63, 3.8) is 0 Å². The SMILES string of the molecule is O=C1C(=O)C2CC([N+](=O)[O-])CC3CC([N+](=O)[O-])CC1C32. The second kappa shape index (κ2) is 4.32. The van der Waals surface area contributed by atoms with Crippen molar-refractivity contribution in [1.82, 2.24) is 0 Å². The number of nitrogens with zero attached hydrogens (tertiary/aromatic N) is 2. The standard InChI is InChI=1S/C12H14N2O6/c15-11-8-3-6(13(17)18)1-5-2-7(14(19)20)4-9(10(5)8)12(11)16/h5-10H,1-4H2. The molecule has 3 rings (SSSR count).